The third-order valence-electron chi connectivity index (χ3n) is 2.94. The zero-order valence-electron chi connectivity index (χ0n) is 11.5. The van der Waals surface area contributed by atoms with Gasteiger partial charge in [-0.15, -0.1) is 0 Å². The topological polar surface area (TPSA) is 121 Å². The van der Waals surface area contributed by atoms with Crippen molar-refractivity contribution < 1.29 is 29.4 Å². The van der Waals surface area contributed by atoms with E-state index in [-0.39, 0.29) is 11.5 Å². The van der Waals surface area contributed by atoms with E-state index in [0.29, 0.717) is 5.69 Å². The highest BCUT2D eigenvalue weighted by molar-refractivity contribution is 6.05. The highest BCUT2D eigenvalue weighted by Gasteiger charge is 2.36. The standard InChI is InChI=1S/C14H15NO6/c1-7(11(13(18)19)14(20)21)12(17)9-3-5-10(6-4-9)15-8(2)16/h3-7,11H,1-2H3,(H,15,16)(H,18,19)(H,20,21). The van der Waals surface area contributed by atoms with E-state index in [4.69, 9.17) is 10.2 Å². The first-order valence-electron chi connectivity index (χ1n) is 6.11. The largest absolute Gasteiger partial charge is 0.481 e. The molecule has 0 aliphatic carbocycles. The molecule has 1 rings (SSSR count). The number of rotatable bonds is 6. The average molecular weight is 293 g/mol. The lowest BCUT2D eigenvalue weighted by molar-refractivity contribution is -0.156. The first-order valence-corrected chi connectivity index (χ1v) is 6.11. The van der Waals surface area contributed by atoms with Gasteiger partial charge < -0.3 is 15.5 Å². The maximum Gasteiger partial charge on any atom is 0.318 e. The van der Waals surface area contributed by atoms with E-state index >= 15 is 0 Å². The molecule has 1 aromatic rings. The number of carbonyl (C=O) groups excluding carboxylic acids is 2. The highest BCUT2D eigenvalue weighted by atomic mass is 16.4. The molecule has 0 aliphatic heterocycles. The van der Waals surface area contributed by atoms with Gasteiger partial charge in [0.1, 0.15) is 0 Å². The number of carboxylic acids is 2. The Kier molecular flexibility index (Phi) is 5.18. The van der Waals surface area contributed by atoms with Gasteiger partial charge in [-0.3, -0.25) is 19.2 Å². The van der Waals surface area contributed by atoms with Crippen molar-refractivity contribution in [2.45, 2.75) is 13.8 Å². The molecule has 7 heteroatoms. The molecule has 0 heterocycles. The second-order valence-corrected chi connectivity index (χ2v) is 4.57. The predicted molar refractivity (Wildman–Crippen MR) is 73.0 cm³/mol. The first kappa shape index (κ1) is 16.4. The molecule has 0 radical (unpaired) electrons. The molecule has 1 atom stereocenters. The van der Waals surface area contributed by atoms with Crippen molar-refractivity contribution in [1.82, 2.24) is 0 Å². The zero-order chi connectivity index (χ0) is 16.2. The van der Waals surface area contributed by atoms with Gasteiger partial charge in [0.15, 0.2) is 11.7 Å². The van der Waals surface area contributed by atoms with Crippen LogP contribution in [-0.4, -0.2) is 33.8 Å². The Morgan fingerprint density at radius 2 is 1.48 bits per heavy atom. The number of anilines is 1. The van der Waals surface area contributed by atoms with Gasteiger partial charge in [0.2, 0.25) is 5.91 Å². The lowest BCUT2D eigenvalue weighted by Crippen LogP contribution is -2.34. The number of nitrogens with one attached hydrogen (secondary N) is 1. The Morgan fingerprint density at radius 3 is 1.86 bits per heavy atom. The van der Waals surface area contributed by atoms with Crippen molar-refractivity contribution in [3.8, 4) is 0 Å². The normalized spacial score (nSPS) is 11.8. The summed E-state index contributed by atoms with van der Waals surface area (Å²) < 4.78 is 0. The molecule has 7 nitrogen and oxygen atoms in total. The fourth-order valence-electron chi connectivity index (χ4n) is 1.87. The number of benzene rings is 1. The lowest BCUT2D eigenvalue weighted by Gasteiger charge is -2.15. The summed E-state index contributed by atoms with van der Waals surface area (Å²) in [6, 6.07) is 5.78. The first-order chi connectivity index (χ1) is 9.73. The van der Waals surface area contributed by atoms with Crippen molar-refractivity contribution in [3.05, 3.63) is 29.8 Å². The van der Waals surface area contributed by atoms with Crippen LogP contribution in [-0.2, 0) is 14.4 Å². The van der Waals surface area contributed by atoms with Gasteiger partial charge in [0.25, 0.3) is 0 Å². The van der Waals surface area contributed by atoms with Crippen LogP contribution in [0.25, 0.3) is 0 Å². The van der Waals surface area contributed by atoms with Gasteiger partial charge >= 0.3 is 11.9 Å². The van der Waals surface area contributed by atoms with Crippen LogP contribution in [0.3, 0.4) is 0 Å². The van der Waals surface area contributed by atoms with Gasteiger partial charge in [-0.25, -0.2) is 0 Å². The van der Waals surface area contributed by atoms with Gasteiger partial charge in [-0.1, -0.05) is 6.92 Å². The van der Waals surface area contributed by atoms with E-state index in [0.717, 1.165) is 0 Å². The molecule has 112 valence electrons. The molecule has 21 heavy (non-hydrogen) atoms. The van der Waals surface area contributed by atoms with E-state index < -0.39 is 29.6 Å². The van der Waals surface area contributed by atoms with E-state index in [1.54, 1.807) is 0 Å². The second-order valence-electron chi connectivity index (χ2n) is 4.57. The van der Waals surface area contributed by atoms with Gasteiger partial charge in [-0.05, 0) is 24.3 Å². The molecule has 0 aromatic heterocycles. The maximum absolute atomic E-state index is 12.1. The molecule has 3 N–H and O–H groups in total. The summed E-state index contributed by atoms with van der Waals surface area (Å²) in [5.41, 5.74) is 0.670. The Morgan fingerprint density at radius 1 is 1.00 bits per heavy atom. The highest BCUT2D eigenvalue weighted by Crippen LogP contribution is 2.20. The van der Waals surface area contributed by atoms with Crippen LogP contribution in [0.5, 0.6) is 0 Å². The van der Waals surface area contributed by atoms with Crippen LogP contribution in [0.1, 0.15) is 24.2 Å². The van der Waals surface area contributed by atoms with E-state index in [9.17, 15) is 19.2 Å². The molecule has 1 unspecified atom stereocenters. The predicted octanol–water partition coefficient (Wildman–Crippen LogP) is 1.25. The monoisotopic (exact) mass is 293 g/mol. The summed E-state index contributed by atoms with van der Waals surface area (Å²) in [5, 5.41) is 20.3. The Balaban J connectivity index is 2.94. The fourth-order valence-corrected chi connectivity index (χ4v) is 1.87. The SMILES string of the molecule is CC(=O)Nc1ccc(C(=O)C(C)C(C(=O)O)C(=O)O)cc1. The average Bonchev–Trinajstić information content (AvgIpc) is 2.37. The van der Waals surface area contributed by atoms with Crippen LogP contribution in [0.15, 0.2) is 24.3 Å². The lowest BCUT2D eigenvalue weighted by atomic mass is 9.87. The Labute approximate surface area is 120 Å². The summed E-state index contributed by atoms with van der Waals surface area (Å²) in [5.74, 6) is -6.96. The summed E-state index contributed by atoms with van der Waals surface area (Å²) in [6.07, 6.45) is 0. The Hall–Kier alpha value is -2.70. The number of hydrogen-bond acceptors (Lipinski definition) is 4. The van der Waals surface area contributed by atoms with E-state index in [1.807, 2.05) is 0 Å². The van der Waals surface area contributed by atoms with Crippen LogP contribution in [0.4, 0.5) is 5.69 Å². The number of ketones is 1. The minimum Gasteiger partial charge on any atom is -0.481 e. The molecule has 0 aliphatic rings. The minimum atomic E-state index is -1.80. The number of aliphatic carboxylic acids is 2. The van der Waals surface area contributed by atoms with Crippen molar-refractivity contribution in [1.29, 1.82) is 0 Å². The number of amides is 1. The molecule has 1 aromatic carbocycles. The van der Waals surface area contributed by atoms with E-state index in [2.05, 4.69) is 5.32 Å². The molecule has 0 saturated heterocycles. The number of carbonyl (C=O) groups is 4. The van der Waals surface area contributed by atoms with Crippen LogP contribution in [0, 0.1) is 11.8 Å². The molecular weight excluding hydrogens is 278 g/mol. The minimum absolute atomic E-state index is 0.184. The van der Waals surface area contributed by atoms with Crippen LogP contribution in [0.2, 0.25) is 0 Å². The molecule has 0 saturated carbocycles. The van der Waals surface area contributed by atoms with Gasteiger partial charge in [0, 0.05) is 24.1 Å². The summed E-state index contributed by atoms with van der Waals surface area (Å²) in [7, 11) is 0. The fraction of sp³-hybridized carbons (Fsp3) is 0.286. The van der Waals surface area contributed by atoms with Gasteiger partial charge in [-0.2, -0.15) is 0 Å². The molecule has 0 bridgehead atoms. The maximum atomic E-state index is 12.1. The number of hydrogen-bond donors (Lipinski definition) is 3. The zero-order valence-corrected chi connectivity index (χ0v) is 11.5. The van der Waals surface area contributed by atoms with Crippen LogP contribution < -0.4 is 5.32 Å². The van der Waals surface area contributed by atoms with Gasteiger partial charge in [0.05, 0.1) is 0 Å². The van der Waals surface area contributed by atoms with Crippen LogP contribution >= 0.6 is 0 Å². The quantitative estimate of drug-likeness (QED) is 0.536. The molecular formula is C14H15NO6. The number of carboxylic acid groups (broad SMARTS) is 2. The van der Waals surface area contributed by atoms with Crippen molar-refractivity contribution in [2.75, 3.05) is 5.32 Å². The third kappa shape index (κ3) is 4.13. The summed E-state index contributed by atoms with van der Waals surface area (Å²) in [4.78, 5) is 44.8. The summed E-state index contributed by atoms with van der Waals surface area (Å²) in [6.45, 7) is 2.60. The molecule has 0 spiro atoms. The molecule has 1 amide bonds. The van der Waals surface area contributed by atoms with Crippen molar-refractivity contribution in [2.24, 2.45) is 11.8 Å². The molecule has 0 fully saturated rings. The number of Topliss-reactive ketones (excluding diaryl/α,β-unsaturated/α-hetero) is 1. The van der Waals surface area contributed by atoms with E-state index in [1.165, 1.54) is 38.1 Å². The van der Waals surface area contributed by atoms with Crippen molar-refractivity contribution in [3.63, 3.8) is 0 Å². The van der Waals surface area contributed by atoms with Crippen molar-refractivity contribution >= 4 is 29.3 Å². The third-order valence-corrected chi connectivity index (χ3v) is 2.94. The Bertz CT molecular complexity index is 564. The second kappa shape index (κ2) is 6.65. The summed E-state index contributed by atoms with van der Waals surface area (Å²) >= 11 is 0. The smallest absolute Gasteiger partial charge is 0.318 e.